The highest BCUT2D eigenvalue weighted by Crippen LogP contribution is 2.33. The molecule has 1 aliphatic carbocycles. The van der Waals surface area contributed by atoms with Crippen molar-refractivity contribution in [3.8, 4) is 11.7 Å². The number of nitrogens with zero attached hydrogens (tertiary/aromatic N) is 5. The van der Waals surface area contributed by atoms with Crippen molar-refractivity contribution in [2.24, 2.45) is 0 Å². The van der Waals surface area contributed by atoms with Crippen LogP contribution in [0.25, 0.3) is 5.82 Å². The van der Waals surface area contributed by atoms with Crippen LogP contribution in [0.1, 0.15) is 39.9 Å². The molecule has 0 spiro atoms. The molecule has 3 aromatic rings. The van der Waals surface area contributed by atoms with Crippen LogP contribution in [-0.4, -0.2) is 37.4 Å². The average Bonchev–Trinajstić information content (AvgIpc) is 3.10. The van der Waals surface area contributed by atoms with Crippen LogP contribution in [-0.2, 0) is 6.42 Å². The van der Waals surface area contributed by atoms with Crippen LogP contribution in [0.15, 0.2) is 30.6 Å². The third kappa shape index (κ3) is 2.69. The molecule has 0 fully saturated rings. The lowest BCUT2D eigenvalue weighted by Crippen LogP contribution is -2.24. The van der Waals surface area contributed by atoms with Crippen molar-refractivity contribution in [2.45, 2.75) is 25.7 Å². The Bertz CT molecular complexity index is 997. The molecule has 8 nitrogen and oxygen atoms in total. The van der Waals surface area contributed by atoms with Crippen LogP contribution < -0.4 is 10.5 Å². The number of ketones is 1. The minimum atomic E-state index is -0.105. The number of imidazole rings is 1. The summed E-state index contributed by atoms with van der Waals surface area (Å²) in [5, 5.41) is 0. The van der Waals surface area contributed by atoms with Gasteiger partial charge in [-0.05, 0) is 13.0 Å². The molecule has 0 saturated carbocycles. The highest BCUT2D eigenvalue weighted by molar-refractivity contribution is 5.99. The van der Waals surface area contributed by atoms with Crippen molar-refractivity contribution >= 4 is 11.7 Å². The van der Waals surface area contributed by atoms with Crippen LogP contribution in [0, 0.1) is 6.92 Å². The number of rotatable bonds is 3. The number of hydrogen-bond acceptors (Lipinski definition) is 7. The number of fused-ring (bicyclic) bond motifs is 1. The van der Waals surface area contributed by atoms with Crippen LogP contribution in [0.2, 0.25) is 0 Å². The molecule has 0 unspecified atom stereocenters. The molecular formula is C18H18N6O2. The number of carbonyl (C=O) groups is 1. The first-order valence-corrected chi connectivity index (χ1v) is 8.27. The summed E-state index contributed by atoms with van der Waals surface area (Å²) in [6.45, 7) is 1.79. The van der Waals surface area contributed by atoms with Gasteiger partial charge in [0.1, 0.15) is 11.6 Å². The minimum Gasteiger partial charge on any atom is -0.481 e. The van der Waals surface area contributed by atoms with Crippen molar-refractivity contribution in [3.05, 3.63) is 53.4 Å². The van der Waals surface area contributed by atoms with Crippen molar-refractivity contribution in [1.29, 1.82) is 0 Å². The van der Waals surface area contributed by atoms with E-state index in [0.29, 0.717) is 41.5 Å². The summed E-state index contributed by atoms with van der Waals surface area (Å²) in [5.41, 5.74) is 7.68. The highest BCUT2D eigenvalue weighted by Gasteiger charge is 2.32. The normalized spacial score (nSPS) is 16.4. The smallest absolute Gasteiger partial charge is 0.220 e. The lowest BCUT2D eigenvalue weighted by Gasteiger charge is -2.24. The minimum absolute atomic E-state index is 0.0156. The van der Waals surface area contributed by atoms with Crippen molar-refractivity contribution in [3.63, 3.8) is 0 Å². The van der Waals surface area contributed by atoms with Crippen molar-refractivity contribution in [1.82, 2.24) is 24.5 Å². The van der Waals surface area contributed by atoms with E-state index in [9.17, 15) is 4.79 Å². The first-order chi connectivity index (χ1) is 12.6. The lowest BCUT2D eigenvalue weighted by atomic mass is 9.84. The van der Waals surface area contributed by atoms with Crippen molar-refractivity contribution < 1.29 is 9.53 Å². The second kappa shape index (κ2) is 6.21. The van der Waals surface area contributed by atoms with Gasteiger partial charge in [-0.25, -0.2) is 15.0 Å². The van der Waals surface area contributed by atoms with E-state index in [1.165, 1.54) is 0 Å². The lowest BCUT2D eigenvalue weighted by molar-refractivity contribution is 0.0960. The predicted octanol–water partition coefficient (Wildman–Crippen LogP) is 1.87. The van der Waals surface area contributed by atoms with Gasteiger partial charge in [0.25, 0.3) is 0 Å². The first kappa shape index (κ1) is 16.2. The summed E-state index contributed by atoms with van der Waals surface area (Å²) < 4.78 is 7.08. The molecule has 0 radical (unpaired) electrons. The van der Waals surface area contributed by atoms with E-state index in [1.54, 1.807) is 26.3 Å². The summed E-state index contributed by atoms with van der Waals surface area (Å²) in [7, 11) is 1.57. The van der Waals surface area contributed by atoms with E-state index in [4.69, 9.17) is 10.5 Å². The highest BCUT2D eigenvalue weighted by atomic mass is 16.5. The Kier molecular flexibility index (Phi) is 3.87. The van der Waals surface area contributed by atoms with Gasteiger partial charge in [-0.2, -0.15) is 4.98 Å². The average molecular weight is 350 g/mol. The molecule has 0 aliphatic heterocycles. The maximum Gasteiger partial charge on any atom is 0.220 e. The molecule has 3 heterocycles. The van der Waals surface area contributed by atoms with Gasteiger partial charge in [0, 0.05) is 37.2 Å². The quantitative estimate of drug-likeness (QED) is 0.768. The molecule has 1 aliphatic rings. The van der Waals surface area contributed by atoms with E-state index >= 15 is 0 Å². The summed E-state index contributed by atoms with van der Waals surface area (Å²) in [5.74, 6) is 2.07. The number of anilines is 1. The molecule has 2 N–H and O–H groups in total. The number of nitrogen functional groups attached to an aromatic ring is 1. The van der Waals surface area contributed by atoms with E-state index in [0.717, 1.165) is 5.82 Å². The molecule has 132 valence electrons. The monoisotopic (exact) mass is 350 g/mol. The fourth-order valence-electron chi connectivity index (χ4n) is 3.44. The Balaban J connectivity index is 1.74. The number of carbonyl (C=O) groups excluding carboxylic acids is 1. The van der Waals surface area contributed by atoms with Gasteiger partial charge >= 0.3 is 0 Å². The Morgan fingerprint density at radius 1 is 1.23 bits per heavy atom. The van der Waals surface area contributed by atoms with Gasteiger partial charge in [-0.1, -0.05) is 6.07 Å². The molecule has 0 saturated heterocycles. The number of ether oxygens (including phenoxy) is 1. The standard InChI is InChI=1S/C18H18N6O2/c1-10-16-12(22-18(19)21-10)8-11(9-13(16)25)17-20-6-7-24(17)14-4-3-5-15(23-14)26-2/h3-7,11H,8-9H2,1-2H3,(H2,19,21,22)/t11-/m1/s1. The maximum atomic E-state index is 12.7. The van der Waals surface area contributed by atoms with Crippen LogP contribution in [0.4, 0.5) is 5.95 Å². The van der Waals surface area contributed by atoms with Crippen LogP contribution >= 0.6 is 0 Å². The Morgan fingerprint density at radius 3 is 2.88 bits per heavy atom. The molecule has 4 rings (SSSR count). The zero-order valence-electron chi connectivity index (χ0n) is 14.5. The van der Waals surface area contributed by atoms with Crippen LogP contribution in [0.3, 0.4) is 0 Å². The fraction of sp³-hybridized carbons (Fsp3) is 0.278. The second-order valence-electron chi connectivity index (χ2n) is 6.21. The number of methoxy groups -OCH3 is 1. The largest absolute Gasteiger partial charge is 0.481 e. The van der Waals surface area contributed by atoms with E-state index in [2.05, 4.69) is 19.9 Å². The number of hydrogen-bond donors (Lipinski definition) is 1. The third-order valence-corrected chi connectivity index (χ3v) is 4.53. The topological polar surface area (TPSA) is 109 Å². The Hall–Kier alpha value is -3.29. The molecule has 3 aromatic heterocycles. The molecule has 8 heteroatoms. The summed E-state index contributed by atoms with van der Waals surface area (Å²) in [4.78, 5) is 30.0. The van der Waals surface area contributed by atoms with E-state index in [1.807, 2.05) is 22.9 Å². The van der Waals surface area contributed by atoms with Gasteiger partial charge < -0.3 is 10.5 Å². The third-order valence-electron chi connectivity index (χ3n) is 4.53. The van der Waals surface area contributed by atoms with Gasteiger partial charge in [-0.3, -0.25) is 9.36 Å². The number of pyridine rings is 1. The van der Waals surface area contributed by atoms with Crippen molar-refractivity contribution in [2.75, 3.05) is 12.8 Å². The number of aryl methyl sites for hydroxylation is 1. The summed E-state index contributed by atoms with van der Waals surface area (Å²) >= 11 is 0. The molecule has 1 atom stereocenters. The summed E-state index contributed by atoms with van der Waals surface area (Å²) in [6, 6.07) is 5.52. The van der Waals surface area contributed by atoms with Gasteiger partial charge in [0.05, 0.1) is 24.1 Å². The van der Waals surface area contributed by atoms with Crippen LogP contribution in [0.5, 0.6) is 5.88 Å². The SMILES string of the molecule is COc1cccc(-n2ccnc2[C@H]2CC(=O)c3c(C)nc(N)nc3C2)n1. The van der Waals surface area contributed by atoms with Gasteiger partial charge in [-0.15, -0.1) is 0 Å². The molecular weight excluding hydrogens is 332 g/mol. The molecule has 26 heavy (non-hydrogen) atoms. The molecule has 0 bridgehead atoms. The fourth-order valence-corrected chi connectivity index (χ4v) is 3.44. The number of aromatic nitrogens is 5. The summed E-state index contributed by atoms with van der Waals surface area (Å²) in [6.07, 6.45) is 4.46. The van der Waals surface area contributed by atoms with Gasteiger partial charge in [0.2, 0.25) is 11.8 Å². The Labute approximate surface area is 150 Å². The number of nitrogens with two attached hydrogens (primary N) is 1. The van der Waals surface area contributed by atoms with E-state index in [-0.39, 0.29) is 17.6 Å². The molecule has 0 aromatic carbocycles. The zero-order valence-corrected chi connectivity index (χ0v) is 14.5. The predicted molar refractivity (Wildman–Crippen MR) is 94.5 cm³/mol. The number of Topliss-reactive ketones (excluding diaryl/α,β-unsaturated/α-hetero) is 1. The Morgan fingerprint density at radius 2 is 2.08 bits per heavy atom. The van der Waals surface area contributed by atoms with E-state index < -0.39 is 0 Å². The first-order valence-electron chi connectivity index (χ1n) is 8.27. The molecule has 0 amide bonds. The van der Waals surface area contributed by atoms with Gasteiger partial charge in [0.15, 0.2) is 5.78 Å². The zero-order chi connectivity index (χ0) is 18.3. The second-order valence-corrected chi connectivity index (χ2v) is 6.21. The maximum absolute atomic E-state index is 12.7.